The predicted molar refractivity (Wildman–Crippen MR) is 107 cm³/mol. The van der Waals surface area contributed by atoms with Crippen LogP contribution in [0.3, 0.4) is 0 Å². The van der Waals surface area contributed by atoms with Crippen molar-refractivity contribution < 1.29 is 9.53 Å². The van der Waals surface area contributed by atoms with Crippen molar-refractivity contribution in [3.8, 4) is 5.75 Å². The second-order valence-electron chi connectivity index (χ2n) is 5.64. The highest BCUT2D eigenvalue weighted by Crippen LogP contribution is 2.34. The van der Waals surface area contributed by atoms with Crippen molar-refractivity contribution in [3.05, 3.63) is 41.0 Å². The van der Waals surface area contributed by atoms with E-state index < -0.39 is 0 Å². The molecular weight excluding hydrogens is 368 g/mol. The Morgan fingerprint density at radius 3 is 2.77 bits per heavy atom. The number of hydrogen-bond donors (Lipinski definition) is 2. The second kappa shape index (κ2) is 8.48. The number of nitrogens with one attached hydrogen (secondary N) is 1. The lowest BCUT2D eigenvalue weighted by Crippen LogP contribution is -2.14. The molecule has 0 spiro atoms. The van der Waals surface area contributed by atoms with Crippen LogP contribution in [0.4, 0.5) is 5.69 Å². The summed E-state index contributed by atoms with van der Waals surface area (Å²) in [5.74, 6) is 0.933. The van der Waals surface area contributed by atoms with Gasteiger partial charge in [-0.1, -0.05) is 11.8 Å². The van der Waals surface area contributed by atoms with E-state index in [0.717, 1.165) is 26.7 Å². The normalized spacial score (nSPS) is 10.9. The maximum Gasteiger partial charge on any atom is 0.234 e. The lowest BCUT2D eigenvalue weighted by atomic mass is 10.2. The van der Waals surface area contributed by atoms with Gasteiger partial charge < -0.3 is 15.8 Å². The van der Waals surface area contributed by atoms with E-state index >= 15 is 0 Å². The van der Waals surface area contributed by atoms with Crippen molar-refractivity contribution in [3.63, 3.8) is 0 Å². The fourth-order valence-corrected chi connectivity index (χ4v) is 4.32. The number of carbonyl (C=O) groups is 1. The Labute approximate surface area is 160 Å². The third kappa shape index (κ3) is 4.32. The summed E-state index contributed by atoms with van der Waals surface area (Å²) < 4.78 is 5.42. The second-order valence-corrected chi connectivity index (χ2v) is 7.81. The van der Waals surface area contributed by atoms with E-state index in [0.29, 0.717) is 13.2 Å². The Morgan fingerprint density at radius 2 is 2.04 bits per heavy atom. The molecule has 6 nitrogen and oxygen atoms in total. The highest BCUT2D eigenvalue weighted by atomic mass is 32.2. The fraction of sp³-hybridized carbons (Fsp3) is 0.278. The molecule has 136 valence electrons. The summed E-state index contributed by atoms with van der Waals surface area (Å²) in [5.41, 5.74) is 7.32. The number of aromatic nitrogens is 2. The molecule has 0 saturated carbocycles. The third-order valence-electron chi connectivity index (χ3n) is 3.80. The standard InChI is InChI=1S/C18H20N4O2S2/c1-11-12(2)26-18-16(11)17(20-10-21-18)25-9-15(23)22-13-3-5-14(6-4-13)24-8-7-19/h3-6,10H,7-9,19H2,1-2H3,(H,22,23). The smallest absolute Gasteiger partial charge is 0.234 e. The average molecular weight is 389 g/mol. The molecule has 3 N–H and O–H groups in total. The molecule has 1 amide bonds. The maximum absolute atomic E-state index is 12.2. The lowest BCUT2D eigenvalue weighted by molar-refractivity contribution is -0.113. The first-order valence-electron chi connectivity index (χ1n) is 8.14. The van der Waals surface area contributed by atoms with Gasteiger partial charge in [0.05, 0.1) is 5.75 Å². The molecule has 0 saturated heterocycles. The quantitative estimate of drug-likeness (QED) is 0.476. The van der Waals surface area contributed by atoms with Gasteiger partial charge in [0, 0.05) is 22.5 Å². The van der Waals surface area contributed by atoms with Crippen molar-refractivity contribution in [2.45, 2.75) is 18.9 Å². The number of nitrogens with two attached hydrogens (primary N) is 1. The zero-order valence-electron chi connectivity index (χ0n) is 14.6. The minimum Gasteiger partial charge on any atom is -0.492 e. The van der Waals surface area contributed by atoms with Crippen LogP contribution in [0.5, 0.6) is 5.75 Å². The molecule has 0 aliphatic carbocycles. The molecule has 2 heterocycles. The van der Waals surface area contributed by atoms with Crippen LogP contribution in [0.2, 0.25) is 0 Å². The number of carbonyl (C=O) groups excluding carboxylic acids is 1. The third-order valence-corrected chi connectivity index (χ3v) is 5.90. The number of ether oxygens (including phenoxy) is 1. The molecule has 3 aromatic rings. The molecule has 1 aromatic carbocycles. The number of fused-ring (bicyclic) bond motifs is 1. The van der Waals surface area contributed by atoms with Crippen molar-refractivity contribution in [2.24, 2.45) is 5.73 Å². The number of anilines is 1. The minimum atomic E-state index is -0.0815. The minimum absolute atomic E-state index is 0.0815. The first kappa shape index (κ1) is 18.6. The largest absolute Gasteiger partial charge is 0.492 e. The van der Waals surface area contributed by atoms with E-state index in [9.17, 15) is 4.79 Å². The van der Waals surface area contributed by atoms with Gasteiger partial charge in [0.25, 0.3) is 0 Å². The summed E-state index contributed by atoms with van der Waals surface area (Å²) in [6.07, 6.45) is 1.55. The molecule has 0 unspecified atom stereocenters. The molecule has 0 aliphatic rings. The van der Waals surface area contributed by atoms with Gasteiger partial charge in [0.15, 0.2) is 0 Å². The van der Waals surface area contributed by atoms with Crippen LogP contribution in [0.25, 0.3) is 10.2 Å². The Morgan fingerprint density at radius 1 is 1.27 bits per heavy atom. The summed E-state index contributed by atoms with van der Waals surface area (Å²) in [6, 6.07) is 7.24. The Bertz CT molecular complexity index is 909. The Hall–Kier alpha value is -2.16. The van der Waals surface area contributed by atoms with Gasteiger partial charge in [0.2, 0.25) is 5.91 Å². The number of rotatable bonds is 7. The monoisotopic (exact) mass is 388 g/mol. The Balaban J connectivity index is 1.61. The van der Waals surface area contributed by atoms with E-state index in [-0.39, 0.29) is 11.7 Å². The Kier molecular flexibility index (Phi) is 6.08. The van der Waals surface area contributed by atoms with Crippen molar-refractivity contribution in [2.75, 3.05) is 24.2 Å². The molecule has 0 radical (unpaired) electrons. The van der Waals surface area contributed by atoms with Crippen LogP contribution in [0.15, 0.2) is 35.6 Å². The first-order chi connectivity index (χ1) is 12.6. The summed E-state index contributed by atoms with van der Waals surface area (Å²) in [4.78, 5) is 23.1. The molecule has 0 fully saturated rings. The van der Waals surface area contributed by atoms with E-state index in [1.807, 2.05) is 24.3 Å². The highest BCUT2D eigenvalue weighted by molar-refractivity contribution is 8.00. The van der Waals surface area contributed by atoms with Crippen LogP contribution in [-0.2, 0) is 4.79 Å². The molecule has 26 heavy (non-hydrogen) atoms. The number of amides is 1. The average Bonchev–Trinajstić information content (AvgIpc) is 2.94. The number of thioether (sulfide) groups is 1. The molecular formula is C18H20N4O2S2. The predicted octanol–water partition coefficient (Wildman–Crippen LogP) is 3.38. The molecule has 2 aromatic heterocycles. The van der Waals surface area contributed by atoms with Crippen LogP contribution < -0.4 is 15.8 Å². The summed E-state index contributed by atoms with van der Waals surface area (Å²) in [7, 11) is 0. The van der Waals surface area contributed by atoms with Gasteiger partial charge in [-0.2, -0.15) is 0 Å². The first-order valence-corrected chi connectivity index (χ1v) is 9.95. The van der Waals surface area contributed by atoms with Crippen LogP contribution in [-0.4, -0.2) is 34.8 Å². The number of aryl methyl sites for hydroxylation is 2. The number of benzene rings is 1. The summed E-state index contributed by atoms with van der Waals surface area (Å²) in [5, 5.41) is 4.78. The van der Waals surface area contributed by atoms with Gasteiger partial charge in [-0.3, -0.25) is 4.79 Å². The van der Waals surface area contributed by atoms with E-state index in [4.69, 9.17) is 10.5 Å². The summed E-state index contributed by atoms with van der Waals surface area (Å²) in [6.45, 7) is 5.08. The molecule has 0 aliphatic heterocycles. The van der Waals surface area contributed by atoms with Crippen molar-refractivity contribution in [1.82, 2.24) is 9.97 Å². The number of thiophene rings is 1. The topological polar surface area (TPSA) is 90.1 Å². The van der Waals surface area contributed by atoms with E-state index in [1.54, 1.807) is 17.7 Å². The van der Waals surface area contributed by atoms with Crippen molar-refractivity contribution in [1.29, 1.82) is 0 Å². The zero-order chi connectivity index (χ0) is 18.5. The number of hydrogen-bond acceptors (Lipinski definition) is 7. The summed E-state index contributed by atoms with van der Waals surface area (Å²) >= 11 is 3.08. The van der Waals surface area contributed by atoms with Gasteiger partial charge in [-0.15, -0.1) is 11.3 Å². The van der Waals surface area contributed by atoms with Crippen LogP contribution in [0, 0.1) is 13.8 Å². The van der Waals surface area contributed by atoms with Gasteiger partial charge in [0.1, 0.15) is 28.5 Å². The molecule has 0 bridgehead atoms. The maximum atomic E-state index is 12.2. The number of nitrogens with zero attached hydrogens (tertiary/aromatic N) is 2. The molecule has 3 rings (SSSR count). The zero-order valence-corrected chi connectivity index (χ0v) is 16.2. The molecule has 8 heteroatoms. The van der Waals surface area contributed by atoms with Gasteiger partial charge >= 0.3 is 0 Å². The lowest BCUT2D eigenvalue weighted by Gasteiger charge is -2.08. The fourth-order valence-electron chi connectivity index (χ4n) is 2.40. The van der Waals surface area contributed by atoms with Gasteiger partial charge in [-0.25, -0.2) is 9.97 Å². The van der Waals surface area contributed by atoms with E-state index in [1.165, 1.54) is 22.2 Å². The SMILES string of the molecule is Cc1sc2ncnc(SCC(=O)Nc3ccc(OCCN)cc3)c2c1C. The van der Waals surface area contributed by atoms with Crippen LogP contribution >= 0.6 is 23.1 Å². The van der Waals surface area contributed by atoms with Gasteiger partial charge in [-0.05, 0) is 43.7 Å². The highest BCUT2D eigenvalue weighted by Gasteiger charge is 2.13. The van der Waals surface area contributed by atoms with Crippen molar-refractivity contribution >= 4 is 44.9 Å². The molecule has 0 atom stereocenters. The van der Waals surface area contributed by atoms with Crippen LogP contribution in [0.1, 0.15) is 10.4 Å². The van der Waals surface area contributed by atoms with E-state index in [2.05, 4.69) is 29.1 Å².